The Balaban J connectivity index is 1.74. The smallest absolute Gasteiger partial charge is 0.252 e. The minimum Gasteiger partial charge on any atom is -0.466 e. The number of carbonyl (C=O) groups is 1. The number of fused-ring (bicyclic) bond motifs is 1. The number of pyridine rings is 1. The first-order chi connectivity index (χ1) is 10.5. The number of aromatic amines is 1. The molecule has 1 atom stereocenters. The average Bonchev–Trinajstić information content (AvgIpc) is 3.15. The lowest BCUT2D eigenvalue weighted by atomic mass is 10.0. The number of furan rings is 1. The zero-order valence-corrected chi connectivity index (χ0v) is 12.3. The van der Waals surface area contributed by atoms with Gasteiger partial charge in [0.25, 0.3) is 5.91 Å². The predicted octanol–water partition coefficient (Wildman–Crippen LogP) is 1.50. The number of nitrogens with zero attached hydrogens (tertiary/aromatic N) is 2. The third kappa shape index (κ3) is 2.58. The van der Waals surface area contributed by atoms with Crippen LogP contribution in [0.2, 0.25) is 0 Å². The second-order valence-corrected chi connectivity index (χ2v) is 5.38. The zero-order valence-electron chi connectivity index (χ0n) is 12.3. The summed E-state index contributed by atoms with van der Waals surface area (Å²) in [5.41, 5.74) is 0.547. The molecule has 3 aromatic rings. The van der Waals surface area contributed by atoms with Crippen LogP contribution in [0.1, 0.15) is 28.7 Å². The van der Waals surface area contributed by atoms with E-state index in [1.807, 2.05) is 6.92 Å². The number of aromatic nitrogens is 3. The number of hydrogen-bond donors (Lipinski definition) is 3. The summed E-state index contributed by atoms with van der Waals surface area (Å²) in [4.78, 5) is 16.3. The number of aryl methyl sites for hydroxylation is 1. The van der Waals surface area contributed by atoms with E-state index in [0.29, 0.717) is 17.0 Å². The molecular weight excluding hydrogens is 284 g/mol. The van der Waals surface area contributed by atoms with Gasteiger partial charge in [-0.1, -0.05) is 0 Å². The van der Waals surface area contributed by atoms with Crippen LogP contribution < -0.4 is 5.32 Å². The highest BCUT2D eigenvalue weighted by atomic mass is 16.4. The first kappa shape index (κ1) is 14.3. The summed E-state index contributed by atoms with van der Waals surface area (Å²) in [5, 5.41) is 20.6. The van der Waals surface area contributed by atoms with Crippen molar-refractivity contribution in [3.05, 3.63) is 47.7 Å². The highest BCUT2D eigenvalue weighted by Crippen LogP contribution is 2.20. The summed E-state index contributed by atoms with van der Waals surface area (Å²) in [7, 11) is 0. The van der Waals surface area contributed by atoms with Gasteiger partial charge in [0.2, 0.25) is 0 Å². The minimum atomic E-state index is -1.28. The molecule has 7 heteroatoms. The Kier molecular flexibility index (Phi) is 3.42. The van der Waals surface area contributed by atoms with Crippen molar-refractivity contribution >= 4 is 16.9 Å². The van der Waals surface area contributed by atoms with Gasteiger partial charge < -0.3 is 14.8 Å². The number of carbonyl (C=O) groups excluding carboxylic acids is 1. The number of H-pyrrole nitrogens is 1. The molecule has 0 aromatic carbocycles. The molecule has 3 aromatic heterocycles. The average molecular weight is 300 g/mol. The van der Waals surface area contributed by atoms with Crippen LogP contribution in [0.25, 0.3) is 11.0 Å². The number of rotatable bonds is 4. The fourth-order valence-corrected chi connectivity index (χ4v) is 2.17. The SMILES string of the molecule is Cc1[nH]nc2ncc(C(=O)NCC(C)(O)c3ccco3)cc12. The van der Waals surface area contributed by atoms with Crippen LogP contribution in [0.4, 0.5) is 0 Å². The van der Waals surface area contributed by atoms with Crippen LogP contribution >= 0.6 is 0 Å². The van der Waals surface area contributed by atoms with Crippen LogP contribution in [0.3, 0.4) is 0 Å². The molecule has 0 saturated carbocycles. The monoisotopic (exact) mass is 300 g/mol. The summed E-state index contributed by atoms with van der Waals surface area (Å²) >= 11 is 0. The van der Waals surface area contributed by atoms with E-state index < -0.39 is 5.60 Å². The lowest BCUT2D eigenvalue weighted by molar-refractivity contribution is 0.0330. The van der Waals surface area contributed by atoms with Gasteiger partial charge in [-0.25, -0.2) is 4.98 Å². The van der Waals surface area contributed by atoms with Crippen molar-refractivity contribution in [2.45, 2.75) is 19.4 Å². The number of nitrogens with one attached hydrogen (secondary N) is 2. The highest BCUT2D eigenvalue weighted by Gasteiger charge is 2.27. The van der Waals surface area contributed by atoms with Gasteiger partial charge >= 0.3 is 0 Å². The molecule has 7 nitrogen and oxygen atoms in total. The van der Waals surface area contributed by atoms with E-state index >= 15 is 0 Å². The van der Waals surface area contributed by atoms with Gasteiger partial charge in [0.1, 0.15) is 11.4 Å². The Morgan fingerprint density at radius 2 is 2.36 bits per heavy atom. The summed E-state index contributed by atoms with van der Waals surface area (Å²) < 4.78 is 5.17. The maximum Gasteiger partial charge on any atom is 0.252 e. The molecule has 3 heterocycles. The van der Waals surface area contributed by atoms with Gasteiger partial charge in [-0.3, -0.25) is 9.89 Å². The number of amides is 1. The first-order valence-electron chi connectivity index (χ1n) is 6.83. The van der Waals surface area contributed by atoms with Crippen molar-refractivity contribution in [1.29, 1.82) is 0 Å². The van der Waals surface area contributed by atoms with Crippen molar-refractivity contribution in [1.82, 2.24) is 20.5 Å². The predicted molar refractivity (Wildman–Crippen MR) is 79.2 cm³/mol. The van der Waals surface area contributed by atoms with E-state index in [4.69, 9.17) is 4.42 Å². The van der Waals surface area contributed by atoms with E-state index in [1.54, 1.807) is 25.1 Å². The van der Waals surface area contributed by atoms with Crippen LogP contribution in [-0.4, -0.2) is 32.7 Å². The maximum atomic E-state index is 12.2. The van der Waals surface area contributed by atoms with E-state index in [0.717, 1.165) is 11.1 Å². The lowest BCUT2D eigenvalue weighted by Crippen LogP contribution is -2.38. The number of aliphatic hydroxyl groups is 1. The van der Waals surface area contributed by atoms with Gasteiger partial charge in [0, 0.05) is 17.3 Å². The molecule has 0 fully saturated rings. The van der Waals surface area contributed by atoms with Crippen molar-refractivity contribution in [3.8, 4) is 0 Å². The topological polar surface area (TPSA) is 104 Å². The molecule has 0 radical (unpaired) electrons. The van der Waals surface area contributed by atoms with Crippen LogP contribution in [-0.2, 0) is 5.60 Å². The molecule has 114 valence electrons. The molecule has 1 unspecified atom stereocenters. The normalized spacial score (nSPS) is 14.0. The highest BCUT2D eigenvalue weighted by molar-refractivity contribution is 5.97. The van der Waals surface area contributed by atoms with Crippen molar-refractivity contribution in [3.63, 3.8) is 0 Å². The standard InChI is InChI=1S/C15H16N4O3/c1-9-11-6-10(7-16-13(11)19-18-9)14(20)17-8-15(2,21)12-4-3-5-22-12/h3-7,21H,8H2,1-2H3,(H,17,20)(H,16,18,19). The van der Waals surface area contributed by atoms with E-state index in [1.165, 1.54) is 12.5 Å². The summed E-state index contributed by atoms with van der Waals surface area (Å²) in [5.74, 6) is 0.0777. The third-order valence-corrected chi connectivity index (χ3v) is 3.51. The van der Waals surface area contributed by atoms with Gasteiger partial charge in [-0.15, -0.1) is 0 Å². The Bertz CT molecular complexity index is 805. The van der Waals surface area contributed by atoms with Crippen LogP contribution in [0.15, 0.2) is 35.1 Å². The largest absolute Gasteiger partial charge is 0.466 e. The zero-order chi connectivity index (χ0) is 15.7. The fourth-order valence-electron chi connectivity index (χ4n) is 2.17. The van der Waals surface area contributed by atoms with Gasteiger partial charge in [0.15, 0.2) is 5.65 Å². The molecule has 22 heavy (non-hydrogen) atoms. The minimum absolute atomic E-state index is 0.0295. The summed E-state index contributed by atoms with van der Waals surface area (Å²) in [6.45, 7) is 3.47. The quantitative estimate of drug-likeness (QED) is 0.677. The molecule has 3 rings (SSSR count). The van der Waals surface area contributed by atoms with E-state index in [-0.39, 0.29) is 12.5 Å². The summed E-state index contributed by atoms with van der Waals surface area (Å²) in [6, 6.07) is 5.07. The molecule has 0 saturated heterocycles. The molecule has 0 aliphatic rings. The Morgan fingerprint density at radius 3 is 3.09 bits per heavy atom. The van der Waals surface area contributed by atoms with E-state index in [2.05, 4.69) is 20.5 Å². The maximum absolute atomic E-state index is 12.2. The second-order valence-electron chi connectivity index (χ2n) is 5.38. The van der Waals surface area contributed by atoms with Crippen LogP contribution in [0.5, 0.6) is 0 Å². The third-order valence-electron chi connectivity index (χ3n) is 3.51. The Morgan fingerprint density at radius 1 is 1.55 bits per heavy atom. The molecule has 0 bridgehead atoms. The van der Waals surface area contributed by atoms with E-state index in [9.17, 15) is 9.90 Å². The lowest BCUT2D eigenvalue weighted by Gasteiger charge is -2.21. The molecule has 1 amide bonds. The van der Waals surface area contributed by atoms with Gasteiger partial charge in [0.05, 0.1) is 18.4 Å². The molecular formula is C15H16N4O3. The Hall–Kier alpha value is -2.67. The van der Waals surface area contributed by atoms with Crippen molar-refractivity contribution in [2.24, 2.45) is 0 Å². The molecule has 0 aliphatic heterocycles. The second kappa shape index (κ2) is 5.27. The van der Waals surface area contributed by atoms with Gasteiger partial charge in [-0.2, -0.15) is 5.10 Å². The Labute approximate surface area is 126 Å². The summed E-state index contributed by atoms with van der Waals surface area (Å²) in [6.07, 6.45) is 2.94. The molecule has 3 N–H and O–H groups in total. The van der Waals surface area contributed by atoms with Crippen LogP contribution in [0, 0.1) is 6.92 Å². The van der Waals surface area contributed by atoms with Gasteiger partial charge in [-0.05, 0) is 32.0 Å². The van der Waals surface area contributed by atoms with Crippen molar-refractivity contribution < 1.29 is 14.3 Å². The first-order valence-corrected chi connectivity index (χ1v) is 6.83. The molecule has 0 aliphatic carbocycles. The van der Waals surface area contributed by atoms with Crippen molar-refractivity contribution in [2.75, 3.05) is 6.54 Å². The fraction of sp³-hybridized carbons (Fsp3) is 0.267. The number of hydrogen-bond acceptors (Lipinski definition) is 5. The molecule has 0 spiro atoms.